The van der Waals surface area contributed by atoms with E-state index in [-0.39, 0.29) is 0 Å². The highest BCUT2D eigenvalue weighted by molar-refractivity contribution is 7.71. The molecule has 0 saturated heterocycles. The van der Waals surface area contributed by atoms with E-state index in [1.165, 1.54) is 5.56 Å². The van der Waals surface area contributed by atoms with Gasteiger partial charge in [0, 0.05) is 18.9 Å². The van der Waals surface area contributed by atoms with Gasteiger partial charge in [0.25, 0.3) is 4.84 Å². The molecule has 108 valence electrons. The Morgan fingerprint density at radius 3 is 2.71 bits per heavy atom. The van der Waals surface area contributed by atoms with Crippen LogP contribution in [0.5, 0.6) is 0 Å². The van der Waals surface area contributed by atoms with Crippen LogP contribution in [0.15, 0.2) is 53.2 Å². The minimum Gasteiger partial charge on any atom is -0.429 e. The van der Waals surface area contributed by atoms with Crippen molar-refractivity contribution in [1.82, 2.24) is 14.5 Å². The number of hydrogen-bond acceptors (Lipinski definition) is 4. The van der Waals surface area contributed by atoms with Gasteiger partial charge in [-0.05, 0) is 48.6 Å². The van der Waals surface area contributed by atoms with Gasteiger partial charge >= 0.3 is 0 Å². The summed E-state index contributed by atoms with van der Waals surface area (Å²) in [6.07, 6.45) is 3.64. The molecular formula is C16H17N3OS. The van der Waals surface area contributed by atoms with Crippen LogP contribution in [0.1, 0.15) is 12.5 Å². The monoisotopic (exact) mass is 299 g/mol. The molecule has 0 fully saturated rings. The zero-order valence-electron chi connectivity index (χ0n) is 11.9. The molecular weight excluding hydrogens is 282 g/mol. The summed E-state index contributed by atoms with van der Waals surface area (Å²) in [6.45, 7) is 4.66. The fraction of sp³-hybridized carbons (Fsp3) is 0.250. The number of aromatic nitrogens is 2. The summed E-state index contributed by atoms with van der Waals surface area (Å²) in [5.41, 5.74) is 3.12. The average molecular weight is 299 g/mol. The van der Waals surface area contributed by atoms with Gasteiger partial charge in [-0.2, -0.15) is 0 Å². The fourth-order valence-electron chi connectivity index (χ4n) is 2.36. The van der Waals surface area contributed by atoms with Crippen molar-refractivity contribution in [2.24, 2.45) is 0 Å². The smallest absolute Gasteiger partial charge is 0.270 e. The minimum atomic E-state index is 0.518. The van der Waals surface area contributed by atoms with E-state index in [0.29, 0.717) is 11.5 Å². The van der Waals surface area contributed by atoms with Crippen molar-refractivity contribution < 1.29 is 4.42 Å². The summed E-state index contributed by atoms with van der Waals surface area (Å²) in [7, 11) is 0. The number of pyridine rings is 1. The number of rotatable bonds is 5. The van der Waals surface area contributed by atoms with Gasteiger partial charge in [-0.3, -0.25) is 14.5 Å². The van der Waals surface area contributed by atoms with Gasteiger partial charge in [0.2, 0.25) is 0 Å². The molecule has 0 spiro atoms. The van der Waals surface area contributed by atoms with Gasteiger partial charge in [0.05, 0.1) is 12.2 Å². The zero-order valence-corrected chi connectivity index (χ0v) is 12.7. The lowest BCUT2D eigenvalue weighted by molar-refractivity contribution is 0.219. The Morgan fingerprint density at radius 1 is 1.19 bits per heavy atom. The largest absolute Gasteiger partial charge is 0.429 e. The molecule has 2 aromatic heterocycles. The second-order valence-electron chi connectivity index (χ2n) is 4.91. The summed E-state index contributed by atoms with van der Waals surface area (Å²) in [5.74, 6) is 0. The van der Waals surface area contributed by atoms with Crippen LogP contribution in [0.25, 0.3) is 11.1 Å². The molecule has 3 rings (SSSR count). The molecule has 4 nitrogen and oxygen atoms in total. The maximum Gasteiger partial charge on any atom is 0.270 e. The van der Waals surface area contributed by atoms with Crippen LogP contribution < -0.4 is 0 Å². The molecule has 1 aromatic carbocycles. The van der Waals surface area contributed by atoms with E-state index in [4.69, 9.17) is 16.6 Å². The second kappa shape index (κ2) is 6.20. The van der Waals surface area contributed by atoms with E-state index in [1.807, 2.05) is 53.4 Å². The highest BCUT2D eigenvalue weighted by atomic mass is 32.1. The minimum absolute atomic E-state index is 0.518. The van der Waals surface area contributed by atoms with Gasteiger partial charge < -0.3 is 4.42 Å². The first kappa shape index (κ1) is 14.0. The van der Waals surface area contributed by atoms with Gasteiger partial charge in [0.15, 0.2) is 5.58 Å². The van der Waals surface area contributed by atoms with Crippen molar-refractivity contribution in [2.45, 2.75) is 20.1 Å². The molecule has 0 aliphatic rings. The molecule has 0 aliphatic carbocycles. The third-order valence-electron chi connectivity index (χ3n) is 3.52. The Bertz CT molecular complexity index is 779. The summed E-state index contributed by atoms with van der Waals surface area (Å²) < 4.78 is 7.67. The van der Waals surface area contributed by atoms with Crippen molar-refractivity contribution in [3.8, 4) is 0 Å². The van der Waals surface area contributed by atoms with Crippen molar-refractivity contribution in [3.05, 3.63) is 59.2 Å². The number of nitrogens with zero attached hydrogens (tertiary/aromatic N) is 3. The third-order valence-corrected chi connectivity index (χ3v) is 3.82. The Kier molecular flexibility index (Phi) is 4.13. The zero-order chi connectivity index (χ0) is 14.7. The summed E-state index contributed by atoms with van der Waals surface area (Å²) in [5, 5.41) is 0. The Balaban J connectivity index is 1.86. The van der Waals surface area contributed by atoms with Gasteiger partial charge in [-0.25, -0.2) is 0 Å². The predicted molar refractivity (Wildman–Crippen MR) is 85.4 cm³/mol. The Labute approximate surface area is 128 Å². The second-order valence-corrected chi connectivity index (χ2v) is 5.26. The van der Waals surface area contributed by atoms with Crippen LogP contribution in [-0.2, 0) is 13.2 Å². The lowest BCUT2D eigenvalue weighted by atomic mass is 10.2. The molecule has 3 aromatic rings. The van der Waals surface area contributed by atoms with E-state index in [2.05, 4.69) is 16.8 Å². The Morgan fingerprint density at radius 2 is 1.95 bits per heavy atom. The summed E-state index contributed by atoms with van der Waals surface area (Å²) in [4.78, 5) is 6.88. The molecule has 0 bridgehead atoms. The maximum atomic E-state index is 5.64. The van der Waals surface area contributed by atoms with Crippen LogP contribution >= 0.6 is 12.2 Å². The molecule has 0 aliphatic heterocycles. The molecule has 0 amide bonds. The van der Waals surface area contributed by atoms with Gasteiger partial charge in [0.1, 0.15) is 0 Å². The quantitative estimate of drug-likeness (QED) is 0.670. The van der Waals surface area contributed by atoms with E-state index in [0.717, 1.165) is 24.2 Å². The fourth-order valence-corrected chi connectivity index (χ4v) is 2.60. The van der Waals surface area contributed by atoms with Crippen LogP contribution in [0.4, 0.5) is 0 Å². The summed E-state index contributed by atoms with van der Waals surface area (Å²) >= 11 is 5.34. The lowest BCUT2D eigenvalue weighted by Gasteiger charge is -2.21. The van der Waals surface area contributed by atoms with Gasteiger partial charge in [-0.15, -0.1) is 0 Å². The SMILES string of the molecule is CCN(Cc1ccncc1)Cn1c(=S)oc2ccccc21. The van der Waals surface area contributed by atoms with Crippen LogP contribution in [-0.4, -0.2) is 21.0 Å². The number of fused-ring (bicyclic) bond motifs is 1. The highest BCUT2D eigenvalue weighted by Gasteiger charge is 2.10. The van der Waals surface area contributed by atoms with Crippen LogP contribution in [0.3, 0.4) is 0 Å². The van der Waals surface area contributed by atoms with E-state index >= 15 is 0 Å². The molecule has 0 unspecified atom stereocenters. The van der Waals surface area contributed by atoms with Crippen LogP contribution in [0.2, 0.25) is 0 Å². The molecule has 21 heavy (non-hydrogen) atoms. The number of benzene rings is 1. The molecule has 0 radical (unpaired) electrons. The van der Waals surface area contributed by atoms with E-state index in [1.54, 1.807) is 0 Å². The Hall–Kier alpha value is -1.98. The number of para-hydroxylation sites is 2. The predicted octanol–water partition coefficient (Wildman–Crippen LogP) is 3.84. The highest BCUT2D eigenvalue weighted by Crippen LogP contribution is 2.18. The normalized spacial score (nSPS) is 11.3. The number of hydrogen-bond donors (Lipinski definition) is 0. The first-order valence-corrected chi connectivity index (χ1v) is 7.38. The first-order chi connectivity index (χ1) is 10.3. The molecule has 2 heterocycles. The van der Waals surface area contributed by atoms with E-state index in [9.17, 15) is 0 Å². The van der Waals surface area contributed by atoms with Gasteiger partial charge in [-0.1, -0.05) is 19.1 Å². The standard InChI is InChI=1S/C16H17N3OS/c1-2-18(11-13-7-9-17-10-8-13)12-19-14-5-3-4-6-15(14)20-16(19)21/h3-10H,2,11-12H2,1H3. The number of oxazole rings is 1. The van der Waals surface area contributed by atoms with Crippen molar-refractivity contribution in [2.75, 3.05) is 6.54 Å². The van der Waals surface area contributed by atoms with Crippen LogP contribution in [0, 0.1) is 4.84 Å². The molecule has 5 heteroatoms. The summed E-state index contributed by atoms with van der Waals surface area (Å²) in [6, 6.07) is 12.0. The molecule has 0 atom stereocenters. The lowest BCUT2D eigenvalue weighted by Crippen LogP contribution is -2.25. The maximum absolute atomic E-state index is 5.64. The van der Waals surface area contributed by atoms with Crippen molar-refractivity contribution in [3.63, 3.8) is 0 Å². The average Bonchev–Trinajstić information content (AvgIpc) is 2.83. The van der Waals surface area contributed by atoms with E-state index < -0.39 is 0 Å². The van der Waals surface area contributed by atoms with Crippen molar-refractivity contribution >= 4 is 23.3 Å². The first-order valence-electron chi connectivity index (χ1n) is 6.97. The topological polar surface area (TPSA) is 34.2 Å². The van der Waals surface area contributed by atoms with Crippen molar-refractivity contribution in [1.29, 1.82) is 0 Å². The third kappa shape index (κ3) is 3.04. The molecule has 0 N–H and O–H groups in total. The molecule has 0 saturated carbocycles.